The Morgan fingerprint density at radius 1 is 1.07 bits per heavy atom. The Bertz CT molecular complexity index is 1070. The van der Waals surface area contributed by atoms with E-state index < -0.39 is 0 Å². The molecule has 2 heterocycles. The van der Waals surface area contributed by atoms with Crippen LogP contribution in [0.25, 0.3) is 23.0 Å². The number of aromatic nitrogens is 3. The average Bonchev–Trinajstić information content (AvgIpc) is 3.23. The smallest absolute Gasteiger partial charge is 0.246 e. The van der Waals surface area contributed by atoms with E-state index in [0.717, 1.165) is 16.8 Å². The van der Waals surface area contributed by atoms with E-state index in [0.29, 0.717) is 18.8 Å². The number of carbonyl (C=O) groups is 1. The number of rotatable bonds is 8. The number of carbonyl (C=O) groups excluding carboxylic acids is 1. The Morgan fingerprint density at radius 2 is 1.80 bits per heavy atom. The summed E-state index contributed by atoms with van der Waals surface area (Å²) in [5.74, 6) is -0.245. The molecule has 30 heavy (non-hydrogen) atoms. The van der Waals surface area contributed by atoms with E-state index in [1.165, 1.54) is 11.0 Å². The lowest BCUT2D eigenvalue weighted by Gasteiger charge is -2.18. The average molecular weight is 396 g/mol. The minimum atomic E-state index is -0.245. The van der Waals surface area contributed by atoms with E-state index in [4.69, 9.17) is 10.5 Å². The van der Waals surface area contributed by atoms with Gasteiger partial charge in [0.1, 0.15) is 5.69 Å². The first-order valence-corrected chi connectivity index (χ1v) is 9.49. The van der Waals surface area contributed by atoms with E-state index in [1.54, 1.807) is 23.2 Å². The Hall–Kier alpha value is -4.23. The van der Waals surface area contributed by atoms with Gasteiger partial charge in [-0.15, -0.1) is 0 Å². The van der Waals surface area contributed by atoms with Crippen molar-refractivity contribution >= 4 is 12.0 Å². The molecule has 3 aromatic rings. The second-order valence-corrected chi connectivity index (χ2v) is 6.43. The monoisotopic (exact) mass is 396 g/mol. The zero-order chi connectivity index (χ0) is 21.2. The molecule has 0 spiro atoms. The summed E-state index contributed by atoms with van der Waals surface area (Å²) in [4.78, 5) is 18.3. The van der Waals surface area contributed by atoms with Gasteiger partial charge in [0.25, 0.3) is 0 Å². The molecule has 0 aliphatic carbocycles. The van der Waals surface area contributed by atoms with Crippen LogP contribution in [-0.2, 0) is 4.79 Å². The molecule has 0 aliphatic rings. The van der Waals surface area contributed by atoms with Crippen LogP contribution in [0.15, 0.2) is 67.1 Å². The number of benzene rings is 1. The van der Waals surface area contributed by atoms with Gasteiger partial charge >= 0.3 is 0 Å². The van der Waals surface area contributed by atoms with Gasteiger partial charge in [0.15, 0.2) is 0 Å². The number of hydrogen-bond acceptors (Lipinski definition) is 5. The van der Waals surface area contributed by atoms with Crippen molar-refractivity contribution in [3.8, 4) is 29.1 Å². The van der Waals surface area contributed by atoms with Crippen LogP contribution < -0.4 is 0 Å². The quantitative estimate of drug-likeness (QED) is 0.542. The Morgan fingerprint density at radius 3 is 2.43 bits per heavy atom. The fourth-order valence-corrected chi connectivity index (χ4v) is 2.92. The molecule has 0 unspecified atom stereocenters. The molecule has 0 N–H and O–H groups in total. The normalized spacial score (nSPS) is 10.5. The lowest BCUT2D eigenvalue weighted by Crippen LogP contribution is -2.31. The van der Waals surface area contributed by atoms with Gasteiger partial charge in [0.2, 0.25) is 5.91 Å². The minimum absolute atomic E-state index is 0.220. The summed E-state index contributed by atoms with van der Waals surface area (Å²) in [6.07, 6.45) is 8.89. The third-order valence-corrected chi connectivity index (χ3v) is 4.40. The second kappa shape index (κ2) is 10.4. The van der Waals surface area contributed by atoms with Gasteiger partial charge in [-0.25, -0.2) is 4.68 Å². The van der Waals surface area contributed by atoms with Gasteiger partial charge in [-0.05, 0) is 30.3 Å². The van der Waals surface area contributed by atoms with Crippen LogP contribution in [0.3, 0.4) is 0 Å². The highest BCUT2D eigenvalue weighted by atomic mass is 16.2. The Labute approximate surface area is 175 Å². The minimum Gasteiger partial charge on any atom is -0.337 e. The van der Waals surface area contributed by atoms with Crippen LogP contribution in [0.4, 0.5) is 0 Å². The summed E-state index contributed by atoms with van der Waals surface area (Å²) >= 11 is 0. The van der Waals surface area contributed by atoms with Gasteiger partial charge < -0.3 is 4.90 Å². The fourth-order valence-electron chi connectivity index (χ4n) is 2.92. The number of hydrogen-bond donors (Lipinski definition) is 0. The van der Waals surface area contributed by atoms with Gasteiger partial charge in [-0.2, -0.15) is 15.6 Å². The van der Waals surface area contributed by atoms with Gasteiger partial charge in [0.05, 0.1) is 30.7 Å². The number of nitriles is 2. The van der Waals surface area contributed by atoms with Crippen molar-refractivity contribution in [3.63, 3.8) is 0 Å². The standard InChI is InChI=1S/C23H20N6O/c24-12-5-15-28(16-6-13-25)22(30)11-10-20-18-29(21-8-2-1-3-9-21)27-23(20)19-7-4-14-26-17-19/h1-4,7-11,14,17-18H,5-6,15-16H2/b11-10+. The molecule has 1 amide bonds. The lowest BCUT2D eigenvalue weighted by atomic mass is 10.1. The van der Waals surface area contributed by atoms with Gasteiger partial charge in [-0.1, -0.05) is 18.2 Å². The second-order valence-electron chi connectivity index (χ2n) is 6.43. The molecule has 0 saturated heterocycles. The van der Waals surface area contributed by atoms with Crippen LogP contribution in [-0.4, -0.2) is 38.7 Å². The largest absolute Gasteiger partial charge is 0.337 e. The van der Waals surface area contributed by atoms with Crippen molar-refractivity contribution < 1.29 is 4.79 Å². The van der Waals surface area contributed by atoms with Crippen LogP contribution in [0.2, 0.25) is 0 Å². The number of nitrogens with zero attached hydrogens (tertiary/aromatic N) is 6. The molecular formula is C23H20N6O. The van der Waals surface area contributed by atoms with E-state index in [1.807, 2.05) is 60.8 Å². The highest BCUT2D eigenvalue weighted by molar-refractivity contribution is 5.92. The van der Waals surface area contributed by atoms with E-state index in [-0.39, 0.29) is 18.7 Å². The topological polar surface area (TPSA) is 98.6 Å². The first-order valence-electron chi connectivity index (χ1n) is 9.49. The summed E-state index contributed by atoms with van der Waals surface area (Å²) in [5, 5.41) is 22.3. The molecule has 0 radical (unpaired) electrons. The van der Waals surface area contributed by atoms with Crippen LogP contribution in [0.1, 0.15) is 18.4 Å². The number of pyridine rings is 1. The zero-order valence-corrected chi connectivity index (χ0v) is 16.3. The van der Waals surface area contributed by atoms with E-state index in [9.17, 15) is 4.79 Å². The molecular weight excluding hydrogens is 376 g/mol. The maximum Gasteiger partial charge on any atom is 0.246 e. The molecule has 0 saturated carbocycles. The molecule has 0 atom stereocenters. The SMILES string of the molecule is N#CCCN(CCC#N)C(=O)/C=C/c1cn(-c2ccccc2)nc1-c1cccnc1. The first kappa shape index (κ1) is 20.5. The molecule has 1 aromatic carbocycles. The first-order chi connectivity index (χ1) is 14.7. The maximum atomic E-state index is 12.6. The van der Waals surface area contributed by atoms with Crippen LogP contribution in [0.5, 0.6) is 0 Å². The Balaban J connectivity index is 1.92. The predicted molar refractivity (Wildman–Crippen MR) is 113 cm³/mol. The molecule has 7 nitrogen and oxygen atoms in total. The van der Waals surface area contributed by atoms with Crippen molar-refractivity contribution in [2.24, 2.45) is 0 Å². The van der Waals surface area contributed by atoms with Crippen molar-refractivity contribution in [3.05, 3.63) is 72.7 Å². The summed E-state index contributed by atoms with van der Waals surface area (Å²) in [5.41, 5.74) is 3.21. The van der Waals surface area contributed by atoms with Crippen molar-refractivity contribution in [2.75, 3.05) is 13.1 Å². The van der Waals surface area contributed by atoms with Crippen molar-refractivity contribution in [1.29, 1.82) is 10.5 Å². The molecule has 3 rings (SSSR count). The molecule has 7 heteroatoms. The summed E-state index contributed by atoms with van der Waals surface area (Å²) in [6, 6.07) is 17.5. The summed E-state index contributed by atoms with van der Waals surface area (Å²) in [6.45, 7) is 0.584. The lowest BCUT2D eigenvalue weighted by molar-refractivity contribution is -0.125. The van der Waals surface area contributed by atoms with E-state index in [2.05, 4.69) is 10.1 Å². The third-order valence-electron chi connectivity index (χ3n) is 4.40. The molecule has 0 bridgehead atoms. The van der Waals surface area contributed by atoms with Gasteiger partial charge in [-0.3, -0.25) is 9.78 Å². The molecule has 0 aliphatic heterocycles. The highest BCUT2D eigenvalue weighted by Gasteiger charge is 2.13. The number of amides is 1. The third kappa shape index (κ3) is 5.18. The van der Waals surface area contributed by atoms with Crippen molar-refractivity contribution in [2.45, 2.75) is 12.8 Å². The molecule has 148 valence electrons. The summed E-state index contributed by atoms with van der Waals surface area (Å²) < 4.78 is 1.76. The summed E-state index contributed by atoms with van der Waals surface area (Å²) in [7, 11) is 0. The Kier molecular flexibility index (Phi) is 7.07. The molecule has 2 aromatic heterocycles. The van der Waals surface area contributed by atoms with Crippen LogP contribution >= 0.6 is 0 Å². The van der Waals surface area contributed by atoms with Crippen molar-refractivity contribution in [1.82, 2.24) is 19.7 Å². The molecule has 0 fully saturated rings. The van der Waals surface area contributed by atoms with Crippen LogP contribution in [0, 0.1) is 22.7 Å². The van der Waals surface area contributed by atoms with E-state index >= 15 is 0 Å². The highest BCUT2D eigenvalue weighted by Crippen LogP contribution is 2.24. The fraction of sp³-hybridized carbons (Fsp3) is 0.174. The zero-order valence-electron chi connectivity index (χ0n) is 16.3. The maximum absolute atomic E-state index is 12.6. The predicted octanol–water partition coefficient (Wildman–Crippen LogP) is 3.60. The van der Waals surface area contributed by atoms with Gasteiger partial charge in [0, 0.05) is 48.9 Å². The number of para-hydroxylation sites is 1.